The van der Waals surface area contributed by atoms with Crippen molar-refractivity contribution >= 4 is 35.5 Å². The minimum atomic E-state index is 0. The summed E-state index contributed by atoms with van der Waals surface area (Å²) in [6.45, 7) is 10.9. The van der Waals surface area contributed by atoms with E-state index in [2.05, 4.69) is 70.4 Å². The zero-order chi connectivity index (χ0) is 17.9. The van der Waals surface area contributed by atoms with Gasteiger partial charge in [-0.3, -0.25) is 4.99 Å². The summed E-state index contributed by atoms with van der Waals surface area (Å²) in [7, 11) is 1.88. The van der Waals surface area contributed by atoms with Crippen molar-refractivity contribution in [2.75, 3.05) is 46.3 Å². The lowest BCUT2D eigenvalue weighted by molar-refractivity contribution is 0.297. The standard InChI is InChI=1S/C21H34N4.HI/c1-4-24(5-2)16-10-9-15-23-21(22-3)25-17-13-20(14-18-25)19-11-7-6-8-12-19;/h6-8,11-13H,4-5,9-10,14-18H2,1-3H3,(H,22,23);1H. The number of nitrogens with zero attached hydrogens (tertiary/aromatic N) is 3. The van der Waals surface area contributed by atoms with Gasteiger partial charge in [-0.15, -0.1) is 24.0 Å². The van der Waals surface area contributed by atoms with Crippen LogP contribution in [0.3, 0.4) is 0 Å². The second-order valence-corrected chi connectivity index (χ2v) is 6.50. The van der Waals surface area contributed by atoms with Crippen molar-refractivity contribution in [2.45, 2.75) is 33.1 Å². The molecule has 0 aromatic heterocycles. The lowest BCUT2D eigenvalue weighted by Crippen LogP contribution is -2.43. The number of halogens is 1. The molecule has 1 aliphatic rings. The van der Waals surface area contributed by atoms with E-state index in [0.29, 0.717) is 0 Å². The molecule has 1 aliphatic heterocycles. The van der Waals surface area contributed by atoms with Crippen LogP contribution in [0.5, 0.6) is 0 Å². The molecule has 0 radical (unpaired) electrons. The third kappa shape index (κ3) is 7.27. The molecule has 4 nitrogen and oxygen atoms in total. The number of hydrogen-bond acceptors (Lipinski definition) is 2. The Morgan fingerprint density at radius 3 is 2.46 bits per heavy atom. The first-order valence-electron chi connectivity index (χ1n) is 9.70. The first-order chi connectivity index (χ1) is 12.3. The highest BCUT2D eigenvalue weighted by molar-refractivity contribution is 14.0. The summed E-state index contributed by atoms with van der Waals surface area (Å²) < 4.78 is 0. The SMILES string of the molecule is CCN(CC)CCCCNC(=NC)N1CC=C(c2ccccc2)CC1.I. The molecule has 0 amide bonds. The van der Waals surface area contributed by atoms with Crippen molar-refractivity contribution in [2.24, 2.45) is 4.99 Å². The van der Waals surface area contributed by atoms with Crippen LogP contribution in [0.25, 0.3) is 5.57 Å². The highest BCUT2D eigenvalue weighted by atomic mass is 127. The molecule has 0 saturated carbocycles. The van der Waals surface area contributed by atoms with Gasteiger partial charge in [0.2, 0.25) is 0 Å². The van der Waals surface area contributed by atoms with Crippen molar-refractivity contribution in [1.29, 1.82) is 0 Å². The normalized spacial score (nSPS) is 14.8. The van der Waals surface area contributed by atoms with Gasteiger partial charge in [-0.25, -0.2) is 0 Å². The first-order valence-corrected chi connectivity index (χ1v) is 9.70. The zero-order valence-electron chi connectivity index (χ0n) is 16.6. The highest BCUT2D eigenvalue weighted by Crippen LogP contribution is 2.21. The van der Waals surface area contributed by atoms with Gasteiger partial charge in [-0.1, -0.05) is 50.3 Å². The van der Waals surface area contributed by atoms with Crippen molar-refractivity contribution in [1.82, 2.24) is 15.1 Å². The topological polar surface area (TPSA) is 30.9 Å². The molecule has 26 heavy (non-hydrogen) atoms. The molecule has 0 atom stereocenters. The molecule has 0 fully saturated rings. The number of guanidine groups is 1. The van der Waals surface area contributed by atoms with E-state index in [4.69, 9.17) is 0 Å². The van der Waals surface area contributed by atoms with E-state index in [9.17, 15) is 0 Å². The van der Waals surface area contributed by atoms with Crippen LogP contribution < -0.4 is 5.32 Å². The van der Waals surface area contributed by atoms with Gasteiger partial charge in [-0.2, -0.15) is 0 Å². The maximum Gasteiger partial charge on any atom is 0.193 e. The van der Waals surface area contributed by atoms with Crippen LogP contribution in [0.1, 0.15) is 38.7 Å². The third-order valence-electron chi connectivity index (χ3n) is 4.94. The predicted octanol–water partition coefficient (Wildman–Crippen LogP) is 4.09. The van der Waals surface area contributed by atoms with Crippen molar-refractivity contribution < 1.29 is 0 Å². The van der Waals surface area contributed by atoms with Gasteiger partial charge < -0.3 is 15.1 Å². The van der Waals surface area contributed by atoms with E-state index in [1.165, 1.54) is 30.5 Å². The number of benzene rings is 1. The molecule has 146 valence electrons. The average Bonchev–Trinajstić information content (AvgIpc) is 2.68. The molecule has 1 aromatic rings. The van der Waals surface area contributed by atoms with E-state index >= 15 is 0 Å². The van der Waals surface area contributed by atoms with Gasteiger partial charge in [0, 0.05) is 26.7 Å². The zero-order valence-corrected chi connectivity index (χ0v) is 18.9. The smallest absolute Gasteiger partial charge is 0.193 e. The van der Waals surface area contributed by atoms with E-state index in [1.54, 1.807) is 0 Å². The van der Waals surface area contributed by atoms with E-state index in [0.717, 1.165) is 45.1 Å². The fourth-order valence-corrected chi connectivity index (χ4v) is 3.31. The molecule has 0 bridgehead atoms. The van der Waals surface area contributed by atoms with Crippen LogP contribution in [0.4, 0.5) is 0 Å². The number of aliphatic imine (C=N–C) groups is 1. The summed E-state index contributed by atoms with van der Waals surface area (Å²) in [4.78, 5) is 9.29. The Kier molecular flexibility index (Phi) is 11.6. The number of rotatable bonds is 8. The molecule has 1 aromatic carbocycles. The lowest BCUT2D eigenvalue weighted by Gasteiger charge is -2.30. The molecular weight excluding hydrogens is 435 g/mol. The Labute approximate surface area is 176 Å². The van der Waals surface area contributed by atoms with Crippen molar-refractivity contribution in [3.8, 4) is 0 Å². The van der Waals surface area contributed by atoms with E-state index in [1.807, 2.05) is 7.05 Å². The van der Waals surface area contributed by atoms with Crippen LogP contribution in [-0.2, 0) is 0 Å². The molecule has 0 aliphatic carbocycles. The number of nitrogens with one attached hydrogen (secondary N) is 1. The minimum Gasteiger partial charge on any atom is -0.356 e. The summed E-state index contributed by atoms with van der Waals surface area (Å²) >= 11 is 0. The van der Waals surface area contributed by atoms with Crippen LogP contribution in [-0.4, -0.2) is 62.1 Å². The molecule has 1 N–H and O–H groups in total. The maximum absolute atomic E-state index is 4.47. The largest absolute Gasteiger partial charge is 0.356 e. The monoisotopic (exact) mass is 470 g/mol. The van der Waals surface area contributed by atoms with Crippen LogP contribution in [0.2, 0.25) is 0 Å². The summed E-state index contributed by atoms with van der Waals surface area (Å²) in [6, 6.07) is 10.7. The fourth-order valence-electron chi connectivity index (χ4n) is 3.31. The Morgan fingerprint density at radius 1 is 1.15 bits per heavy atom. The minimum absolute atomic E-state index is 0. The Morgan fingerprint density at radius 2 is 1.88 bits per heavy atom. The number of unbranched alkanes of at least 4 members (excludes halogenated alkanes) is 1. The van der Waals surface area contributed by atoms with Gasteiger partial charge in [0.25, 0.3) is 0 Å². The van der Waals surface area contributed by atoms with E-state index in [-0.39, 0.29) is 24.0 Å². The fraction of sp³-hybridized carbons (Fsp3) is 0.571. The molecule has 5 heteroatoms. The van der Waals surface area contributed by atoms with E-state index < -0.39 is 0 Å². The van der Waals surface area contributed by atoms with Crippen LogP contribution >= 0.6 is 24.0 Å². The Hall–Kier alpha value is -1.08. The van der Waals surface area contributed by atoms with Crippen LogP contribution in [0, 0.1) is 0 Å². The van der Waals surface area contributed by atoms with Gasteiger partial charge in [0.05, 0.1) is 0 Å². The van der Waals surface area contributed by atoms with Crippen LogP contribution in [0.15, 0.2) is 41.4 Å². The Bertz CT molecular complexity index is 552. The molecule has 2 rings (SSSR count). The van der Waals surface area contributed by atoms with Crippen molar-refractivity contribution in [3.63, 3.8) is 0 Å². The van der Waals surface area contributed by atoms with Gasteiger partial charge in [0.1, 0.15) is 0 Å². The second kappa shape index (κ2) is 13.1. The Balaban J connectivity index is 0.00000338. The van der Waals surface area contributed by atoms with Gasteiger partial charge in [-0.05, 0) is 50.0 Å². The molecule has 0 saturated heterocycles. The highest BCUT2D eigenvalue weighted by Gasteiger charge is 2.15. The number of hydrogen-bond donors (Lipinski definition) is 1. The lowest BCUT2D eigenvalue weighted by atomic mass is 10.00. The second-order valence-electron chi connectivity index (χ2n) is 6.50. The first kappa shape index (κ1) is 23.0. The van der Waals surface area contributed by atoms with Gasteiger partial charge >= 0.3 is 0 Å². The molecular formula is C21H35IN4. The molecule has 1 heterocycles. The molecule has 0 spiro atoms. The van der Waals surface area contributed by atoms with Gasteiger partial charge in [0.15, 0.2) is 5.96 Å². The summed E-state index contributed by atoms with van der Waals surface area (Å²) in [5, 5.41) is 3.53. The summed E-state index contributed by atoms with van der Waals surface area (Å²) in [5.41, 5.74) is 2.80. The quantitative estimate of drug-likeness (QED) is 0.269. The average molecular weight is 470 g/mol. The third-order valence-corrected chi connectivity index (χ3v) is 4.94. The predicted molar refractivity (Wildman–Crippen MR) is 124 cm³/mol. The summed E-state index contributed by atoms with van der Waals surface area (Å²) in [5.74, 6) is 1.03. The van der Waals surface area contributed by atoms with Crippen molar-refractivity contribution in [3.05, 3.63) is 42.0 Å². The molecule has 0 unspecified atom stereocenters. The summed E-state index contributed by atoms with van der Waals surface area (Å²) in [6.07, 6.45) is 5.84. The maximum atomic E-state index is 4.47.